The Hall–Kier alpha value is -1.82. The molecule has 108 valence electrons. The van der Waals surface area contributed by atoms with Gasteiger partial charge in [-0.25, -0.2) is 9.50 Å². The summed E-state index contributed by atoms with van der Waals surface area (Å²) >= 11 is 11.9. The number of benzene rings is 1. The molecule has 0 spiro atoms. The molecule has 1 aromatic carbocycles. The average Bonchev–Trinajstić information content (AvgIpc) is 2.90. The van der Waals surface area contributed by atoms with Gasteiger partial charge in [0.15, 0.2) is 5.65 Å². The number of nitrogens with one attached hydrogen (secondary N) is 1. The summed E-state index contributed by atoms with van der Waals surface area (Å²) in [5.74, 6) is 0.737. The third kappa shape index (κ3) is 2.95. The third-order valence-corrected chi connectivity index (χ3v) is 3.84. The minimum atomic E-state index is 0.393. The minimum absolute atomic E-state index is 0.393. The van der Waals surface area contributed by atoms with Gasteiger partial charge >= 0.3 is 0 Å². The molecule has 2 aromatic heterocycles. The van der Waals surface area contributed by atoms with Crippen LogP contribution < -0.4 is 11.1 Å². The van der Waals surface area contributed by atoms with Crippen molar-refractivity contribution < 1.29 is 0 Å². The van der Waals surface area contributed by atoms with E-state index in [1.54, 1.807) is 16.8 Å². The molecule has 3 rings (SSSR count). The maximum atomic E-state index is 6.00. The summed E-state index contributed by atoms with van der Waals surface area (Å²) in [6, 6.07) is 9.30. The zero-order valence-corrected chi connectivity index (χ0v) is 12.6. The first kappa shape index (κ1) is 14.1. The van der Waals surface area contributed by atoms with Gasteiger partial charge in [-0.05, 0) is 29.8 Å². The smallest absolute Gasteiger partial charge is 0.153 e. The van der Waals surface area contributed by atoms with Crippen molar-refractivity contribution in [3.8, 4) is 0 Å². The fourth-order valence-corrected chi connectivity index (χ4v) is 2.32. The summed E-state index contributed by atoms with van der Waals surface area (Å²) < 4.78 is 1.73. The highest BCUT2D eigenvalue weighted by atomic mass is 35.5. The summed E-state index contributed by atoms with van der Waals surface area (Å²) in [6.07, 6.45) is 1.73. The monoisotopic (exact) mass is 321 g/mol. The molecule has 3 aromatic rings. The minimum Gasteiger partial charge on any atom is -0.365 e. The molecular formula is C14H13Cl2N5. The lowest BCUT2D eigenvalue weighted by Gasteiger charge is -2.07. The fourth-order valence-electron chi connectivity index (χ4n) is 2.00. The van der Waals surface area contributed by atoms with Crippen LogP contribution in [0.25, 0.3) is 5.65 Å². The number of fused-ring (bicyclic) bond motifs is 1. The van der Waals surface area contributed by atoms with Crippen LogP contribution in [-0.4, -0.2) is 14.6 Å². The zero-order valence-electron chi connectivity index (χ0n) is 11.1. The van der Waals surface area contributed by atoms with Gasteiger partial charge in [-0.3, -0.25) is 0 Å². The second-order valence-corrected chi connectivity index (χ2v) is 5.36. The topological polar surface area (TPSA) is 68.2 Å². The Labute approximate surface area is 131 Å². The lowest BCUT2D eigenvalue weighted by atomic mass is 10.2. The number of nitrogens with two attached hydrogens (primary N) is 1. The molecule has 5 nitrogen and oxygen atoms in total. The molecule has 0 bridgehead atoms. The Balaban J connectivity index is 1.79. The Morgan fingerprint density at radius 3 is 2.76 bits per heavy atom. The molecule has 0 saturated carbocycles. The van der Waals surface area contributed by atoms with Crippen LogP contribution in [0.3, 0.4) is 0 Å². The molecule has 0 unspecified atom stereocenters. The van der Waals surface area contributed by atoms with Gasteiger partial charge in [-0.15, -0.1) is 5.10 Å². The Kier molecular flexibility index (Phi) is 3.96. The molecule has 0 aliphatic rings. The predicted octanol–water partition coefficient (Wildman–Crippen LogP) is 3.11. The highest BCUT2D eigenvalue weighted by Gasteiger charge is 2.05. The largest absolute Gasteiger partial charge is 0.365 e. The van der Waals surface area contributed by atoms with Crippen molar-refractivity contribution in [3.63, 3.8) is 0 Å². The third-order valence-electron chi connectivity index (χ3n) is 3.10. The van der Waals surface area contributed by atoms with Crippen molar-refractivity contribution in [3.05, 3.63) is 57.8 Å². The normalized spacial score (nSPS) is 11.0. The number of anilines is 1. The average molecular weight is 322 g/mol. The standard InChI is InChI=1S/C14H13Cl2N5/c15-11-2-1-9(5-12(11)16)7-18-13-3-4-14-19-8-10(6-17)21(14)20-13/h1-5,8H,6-7,17H2,(H,18,20). The summed E-state index contributed by atoms with van der Waals surface area (Å²) in [5.41, 5.74) is 8.32. The van der Waals surface area contributed by atoms with Crippen LogP contribution >= 0.6 is 23.2 Å². The van der Waals surface area contributed by atoms with Crippen LogP contribution in [-0.2, 0) is 13.1 Å². The fraction of sp³-hybridized carbons (Fsp3) is 0.143. The van der Waals surface area contributed by atoms with E-state index in [1.165, 1.54) is 0 Å². The van der Waals surface area contributed by atoms with Gasteiger partial charge in [0.1, 0.15) is 5.82 Å². The van der Waals surface area contributed by atoms with Crippen LogP contribution in [0.5, 0.6) is 0 Å². The van der Waals surface area contributed by atoms with E-state index in [0.29, 0.717) is 23.1 Å². The first-order valence-corrected chi connectivity index (χ1v) is 7.14. The van der Waals surface area contributed by atoms with Gasteiger partial charge in [0, 0.05) is 13.1 Å². The second kappa shape index (κ2) is 5.89. The van der Waals surface area contributed by atoms with Crippen LogP contribution in [0, 0.1) is 0 Å². The lowest BCUT2D eigenvalue weighted by Crippen LogP contribution is -2.07. The van der Waals surface area contributed by atoms with Gasteiger partial charge in [0.25, 0.3) is 0 Å². The number of rotatable bonds is 4. The number of hydrogen-bond acceptors (Lipinski definition) is 4. The molecule has 0 fully saturated rings. The Bertz CT molecular complexity index is 784. The predicted molar refractivity (Wildman–Crippen MR) is 84.7 cm³/mol. The van der Waals surface area contributed by atoms with E-state index in [2.05, 4.69) is 15.4 Å². The summed E-state index contributed by atoms with van der Waals surface area (Å²) in [6.45, 7) is 0.993. The number of nitrogens with zero attached hydrogens (tertiary/aromatic N) is 3. The Morgan fingerprint density at radius 1 is 1.14 bits per heavy atom. The van der Waals surface area contributed by atoms with Crippen molar-refractivity contribution >= 4 is 34.7 Å². The summed E-state index contributed by atoms with van der Waals surface area (Å²) in [4.78, 5) is 4.23. The number of halogens is 2. The maximum absolute atomic E-state index is 6.00. The second-order valence-electron chi connectivity index (χ2n) is 4.54. The molecule has 21 heavy (non-hydrogen) atoms. The summed E-state index contributed by atoms with van der Waals surface area (Å²) in [7, 11) is 0. The van der Waals surface area contributed by atoms with Crippen molar-refractivity contribution in [2.45, 2.75) is 13.1 Å². The molecule has 0 radical (unpaired) electrons. The van der Waals surface area contributed by atoms with Gasteiger partial charge in [-0.1, -0.05) is 29.3 Å². The van der Waals surface area contributed by atoms with Gasteiger partial charge in [0.05, 0.1) is 21.9 Å². The number of hydrogen-bond donors (Lipinski definition) is 2. The van der Waals surface area contributed by atoms with Crippen LogP contribution in [0.4, 0.5) is 5.82 Å². The van der Waals surface area contributed by atoms with Crippen molar-refractivity contribution in [1.29, 1.82) is 0 Å². The zero-order chi connectivity index (χ0) is 14.8. The van der Waals surface area contributed by atoms with Gasteiger partial charge < -0.3 is 11.1 Å². The number of imidazole rings is 1. The molecule has 3 N–H and O–H groups in total. The van der Waals surface area contributed by atoms with Crippen molar-refractivity contribution in [2.24, 2.45) is 5.73 Å². The molecule has 7 heteroatoms. The molecule has 0 aliphatic heterocycles. The molecule has 0 atom stereocenters. The van der Waals surface area contributed by atoms with Crippen molar-refractivity contribution in [2.75, 3.05) is 5.32 Å². The first-order valence-electron chi connectivity index (χ1n) is 6.39. The van der Waals surface area contributed by atoms with E-state index >= 15 is 0 Å². The molecule has 0 aliphatic carbocycles. The molecule has 2 heterocycles. The maximum Gasteiger partial charge on any atom is 0.153 e. The molecule has 0 amide bonds. The van der Waals surface area contributed by atoms with Crippen molar-refractivity contribution in [1.82, 2.24) is 14.6 Å². The van der Waals surface area contributed by atoms with E-state index in [0.717, 1.165) is 22.7 Å². The Morgan fingerprint density at radius 2 is 2.00 bits per heavy atom. The highest BCUT2D eigenvalue weighted by molar-refractivity contribution is 6.42. The van der Waals surface area contributed by atoms with E-state index in [4.69, 9.17) is 28.9 Å². The first-order chi connectivity index (χ1) is 10.2. The quantitative estimate of drug-likeness (QED) is 0.774. The van der Waals surface area contributed by atoms with Crippen LogP contribution in [0.15, 0.2) is 36.5 Å². The van der Waals surface area contributed by atoms with Gasteiger partial charge in [0.2, 0.25) is 0 Å². The van der Waals surface area contributed by atoms with Crippen LogP contribution in [0.2, 0.25) is 10.0 Å². The van der Waals surface area contributed by atoms with E-state index in [-0.39, 0.29) is 0 Å². The number of aromatic nitrogens is 3. The van der Waals surface area contributed by atoms with Gasteiger partial charge in [-0.2, -0.15) is 0 Å². The lowest BCUT2D eigenvalue weighted by molar-refractivity contribution is 0.843. The molecule has 0 saturated heterocycles. The highest BCUT2D eigenvalue weighted by Crippen LogP contribution is 2.23. The summed E-state index contributed by atoms with van der Waals surface area (Å²) in [5, 5.41) is 8.79. The van der Waals surface area contributed by atoms with E-state index < -0.39 is 0 Å². The van der Waals surface area contributed by atoms with E-state index in [9.17, 15) is 0 Å². The molecular weight excluding hydrogens is 309 g/mol. The van der Waals surface area contributed by atoms with E-state index in [1.807, 2.05) is 24.3 Å². The SMILES string of the molecule is NCc1cnc2ccc(NCc3ccc(Cl)c(Cl)c3)nn12. The van der Waals surface area contributed by atoms with Crippen LogP contribution in [0.1, 0.15) is 11.3 Å².